The quantitative estimate of drug-likeness (QED) is 0.589. The first-order valence-electron chi connectivity index (χ1n) is 5.59. The molecule has 0 amide bonds. The van der Waals surface area contributed by atoms with E-state index in [1.54, 1.807) is 0 Å². The van der Waals surface area contributed by atoms with Gasteiger partial charge in [0.2, 0.25) is 0 Å². The van der Waals surface area contributed by atoms with E-state index in [4.69, 9.17) is 11.5 Å². The maximum absolute atomic E-state index is 6.47. The monoisotopic (exact) mass is 180 g/mol. The van der Waals surface area contributed by atoms with Crippen LogP contribution < -0.4 is 11.5 Å². The van der Waals surface area contributed by atoms with Crippen LogP contribution in [0.15, 0.2) is 0 Å². The van der Waals surface area contributed by atoms with Crippen molar-refractivity contribution >= 4 is 0 Å². The average molecular weight is 180 g/mol. The first-order chi connectivity index (χ1) is 6.01. The molecule has 4 aliphatic carbocycles. The Labute approximate surface area is 80.1 Å². The molecule has 4 N–H and O–H groups in total. The molecule has 0 heterocycles. The molecule has 0 aromatic heterocycles. The zero-order valence-corrected chi connectivity index (χ0v) is 8.42. The standard InChI is InChI=1S/C11H20N2/c1-10(12)9-3-7-2-8(4-9)6-11(10,13)5-7/h7-9H,2-6,12-13H2,1H3. The van der Waals surface area contributed by atoms with Gasteiger partial charge in [-0.1, -0.05) is 0 Å². The Morgan fingerprint density at radius 1 is 1.00 bits per heavy atom. The molecule has 2 nitrogen and oxygen atoms in total. The lowest BCUT2D eigenvalue weighted by Crippen LogP contribution is -2.75. The van der Waals surface area contributed by atoms with Gasteiger partial charge in [0.1, 0.15) is 0 Å². The van der Waals surface area contributed by atoms with Crippen molar-refractivity contribution in [3.63, 3.8) is 0 Å². The molecular formula is C11H20N2. The molecule has 4 bridgehead atoms. The Balaban J connectivity index is 2.03. The number of rotatable bonds is 0. The minimum atomic E-state index is -0.0829. The van der Waals surface area contributed by atoms with E-state index >= 15 is 0 Å². The minimum Gasteiger partial charge on any atom is -0.324 e. The van der Waals surface area contributed by atoms with Gasteiger partial charge >= 0.3 is 0 Å². The average Bonchev–Trinajstić information content (AvgIpc) is 1.99. The maximum Gasteiger partial charge on any atom is 0.0342 e. The van der Waals surface area contributed by atoms with Crippen LogP contribution in [0.4, 0.5) is 0 Å². The van der Waals surface area contributed by atoms with Gasteiger partial charge in [-0.05, 0) is 56.8 Å². The van der Waals surface area contributed by atoms with Gasteiger partial charge in [-0.25, -0.2) is 0 Å². The summed E-state index contributed by atoms with van der Waals surface area (Å²) in [6.07, 6.45) is 6.51. The van der Waals surface area contributed by atoms with E-state index in [9.17, 15) is 0 Å². The lowest BCUT2D eigenvalue weighted by atomic mass is 9.46. The van der Waals surface area contributed by atoms with Gasteiger partial charge in [0.15, 0.2) is 0 Å². The van der Waals surface area contributed by atoms with Gasteiger partial charge in [-0.15, -0.1) is 0 Å². The molecule has 0 aromatic carbocycles. The largest absolute Gasteiger partial charge is 0.324 e. The fraction of sp³-hybridized carbons (Fsp3) is 1.00. The van der Waals surface area contributed by atoms with Gasteiger partial charge in [0, 0.05) is 11.1 Å². The van der Waals surface area contributed by atoms with Crippen molar-refractivity contribution in [1.29, 1.82) is 0 Å². The second-order valence-corrected chi connectivity index (χ2v) is 5.98. The molecule has 0 saturated heterocycles. The van der Waals surface area contributed by atoms with Gasteiger partial charge in [0.05, 0.1) is 0 Å². The predicted octanol–water partition coefficient (Wildman–Crippen LogP) is 1.24. The summed E-state index contributed by atoms with van der Waals surface area (Å²) < 4.78 is 0. The number of hydrogen-bond donors (Lipinski definition) is 2. The molecule has 74 valence electrons. The van der Waals surface area contributed by atoms with E-state index in [2.05, 4.69) is 6.92 Å². The van der Waals surface area contributed by atoms with Crippen molar-refractivity contribution in [2.24, 2.45) is 29.2 Å². The Hall–Kier alpha value is -0.0800. The molecule has 3 atom stereocenters. The normalized spacial score (nSPS) is 64.4. The van der Waals surface area contributed by atoms with Crippen LogP contribution in [0.2, 0.25) is 0 Å². The van der Waals surface area contributed by atoms with Crippen molar-refractivity contribution in [2.45, 2.75) is 50.1 Å². The summed E-state index contributed by atoms with van der Waals surface area (Å²) in [5, 5.41) is 0. The van der Waals surface area contributed by atoms with Crippen LogP contribution in [-0.2, 0) is 0 Å². The Bertz CT molecular complexity index is 232. The van der Waals surface area contributed by atoms with Crippen LogP contribution in [0, 0.1) is 17.8 Å². The van der Waals surface area contributed by atoms with Gasteiger partial charge in [-0.3, -0.25) is 0 Å². The summed E-state index contributed by atoms with van der Waals surface area (Å²) in [6.45, 7) is 2.19. The smallest absolute Gasteiger partial charge is 0.0342 e. The van der Waals surface area contributed by atoms with Crippen LogP contribution >= 0.6 is 0 Å². The molecule has 0 radical (unpaired) electrons. The summed E-state index contributed by atoms with van der Waals surface area (Å²) in [5.74, 6) is 2.52. The Morgan fingerprint density at radius 2 is 1.54 bits per heavy atom. The van der Waals surface area contributed by atoms with Crippen molar-refractivity contribution in [3.8, 4) is 0 Å². The zero-order valence-electron chi connectivity index (χ0n) is 8.42. The Kier molecular flexibility index (Phi) is 1.34. The van der Waals surface area contributed by atoms with Crippen LogP contribution in [0.5, 0.6) is 0 Å². The SMILES string of the molecule is CC1(N)C2CC3CC(C2)CC1(N)C3. The summed E-state index contributed by atoms with van der Waals surface area (Å²) in [6, 6.07) is 0. The maximum atomic E-state index is 6.47. The third-order valence-electron chi connectivity index (χ3n) is 5.13. The van der Waals surface area contributed by atoms with Gasteiger partial charge in [0.25, 0.3) is 0 Å². The molecule has 4 rings (SSSR count). The fourth-order valence-corrected chi connectivity index (χ4v) is 4.35. The van der Waals surface area contributed by atoms with E-state index in [-0.39, 0.29) is 11.1 Å². The molecule has 4 saturated carbocycles. The topological polar surface area (TPSA) is 52.0 Å². The summed E-state index contributed by atoms with van der Waals surface area (Å²) >= 11 is 0. The lowest BCUT2D eigenvalue weighted by Gasteiger charge is -2.64. The lowest BCUT2D eigenvalue weighted by molar-refractivity contribution is -0.0650. The third-order valence-corrected chi connectivity index (χ3v) is 5.13. The molecule has 13 heavy (non-hydrogen) atoms. The van der Waals surface area contributed by atoms with E-state index in [0.29, 0.717) is 5.92 Å². The highest BCUT2D eigenvalue weighted by atomic mass is 15.0. The van der Waals surface area contributed by atoms with Crippen LogP contribution in [-0.4, -0.2) is 11.1 Å². The number of nitrogens with two attached hydrogens (primary N) is 2. The van der Waals surface area contributed by atoms with E-state index < -0.39 is 0 Å². The summed E-state index contributed by atoms with van der Waals surface area (Å²) in [4.78, 5) is 0. The van der Waals surface area contributed by atoms with E-state index in [1.807, 2.05) is 0 Å². The molecule has 0 spiro atoms. The highest BCUT2D eigenvalue weighted by Gasteiger charge is 2.59. The molecule has 2 heteroatoms. The van der Waals surface area contributed by atoms with Crippen molar-refractivity contribution in [2.75, 3.05) is 0 Å². The number of hydrogen-bond acceptors (Lipinski definition) is 2. The second-order valence-electron chi connectivity index (χ2n) is 5.98. The van der Waals surface area contributed by atoms with Crippen molar-refractivity contribution in [3.05, 3.63) is 0 Å². The predicted molar refractivity (Wildman–Crippen MR) is 53.1 cm³/mol. The van der Waals surface area contributed by atoms with Crippen molar-refractivity contribution in [1.82, 2.24) is 0 Å². The van der Waals surface area contributed by atoms with Crippen LogP contribution in [0.1, 0.15) is 39.0 Å². The highest BCUT2D eigenvalue weighted by molar-refractivity contribution is 5.18. The van der Waals surface area contributed by atoms with Crippen LogP contribution in [0.25, 0.3) is 0 Å². The van der Waals surface area contributed by atoms with Crippen LogP contribution in [0.3, 0.4) is 0 Å². The van der Waals surface area contributed by atoms with Gasteiger partial charge in [-0.2, -0.15) is 0 Å². The first-order valence-corrected chi connectivity index (χ1v) is 5.59. The fourth-order valence-electron chi connectivity index (χ4n) is 4.35. The van der Waals surface area contributed by atoms with E-state index in [0.717, 1.165) is 11.8 Å². The molecule has 0 aromatic rings. The Morgan fingerprint density at radius 3 is 2.00 bits per heavy atom. The highest BCUT2D eigenvalue weighted by Crippen LogP contribution is 2.58. The minimum absolute atomic E-state index is 0.0260. The second kappa shape index (κ2) is 2.12. The molecule has 4 fully saturated rings. The third kappa shape index (κ3) is 0.861. The first kappa shape index (κ1) is 8.25. The van der Waals surface area contributed by atoms with Crippen molar-refractivity contribution < 1.29 is 0 Å². The molecular weight excluding hydrogens is 160 g/mol. The zero-order chi connectivity index (χ0) is 9.27. The molecule has 0 aliphatic heterocycles. The van der Waals surface area contributed by atoms with Gasteiger partial charge < -0.3 is 11.5 Å². The summed E-state index contributed by atoms with van der Waals surface area (Å²) in [5.41, 5.74) is 12.8. The summed E-state index contributed by atoms with van der Waals surface area (Å²) in [7, 11) is 0. The molecule has 3 unspecified atom stereocenters. The van der Waals surface area contributed by atoms with E-state index in [1.165, 1.54) is 32.1 Å². The molecule has 4 aliphatic rings.